The van der Waals surface area contributed by atoms with Crippen LogP contribution in [0.4, 0.5) is 0 Å². The summed E-state index contributed by atoms with van der Waals surface area (Å²) in [6, 6.07) is 15.1. The first kappa shape index (κ1) is 15.5. The molecule has 2 aromatic rings. The van der Waals surface area contributed by atoms with E-state index in [9.17, 15) is 4.79 Å². The molecule has 2 aliphatic heterocycles. The molecule has 0 spiro atoms. The van der Waals surface area contributed by atoms with Crippen LogP contribution >= 0.6 is 0 Å². The highest BCUT2D eigenvalue weighted by molar-refractivity contribution is 5.85. The van der Waals surface area contributed by atoms with Gasteiger partial charge in [-0.1, -0.05) is 36.4 Å². The lowest BCUT2D eigenvalue weighted by Gasteiger charge is -2.31. The molecule has 0 saturated heterocycles. The second-order valence-corrected chi connectivity index (χ2v) is 6.25. The summed E-state index contributed by atoms with van der Waals surface area (Å²) in [5, 5.41) is 0. The maximum atomic E-state index is 13.0. The van der Waals surface area contributed by atoms with Crippen LogP contribution in [0.2, 0.25) is 0 Å². The summed E-state index contributed by atoms with van der Waals surface area (Å²) in [7, 11) is 1.83. The Morgan fingerprint density at radius 1 is 1.16 bits per heavy atom. The topological polar surface area (TPSA) is 77.1 Å². The van der Waals surface area contributed by atoms with Gasteiger partial charge in [-0.05, 0) is 12.1 Å². The van der Waals surface area contributed by atoms with Gasteiger partial charge in [0.15, 0.2) is 5.96 Å². The zero-order valence-electron chi connectivity index (χ0n) is 13.9. The van der Waals surface area contributed by atoms with Gasteiger partial charge in [-0.15, -0.1) is 0 Å². The molecular formula is C19H19N3O3. The lowest BCUT2D eigenvalue weighted by atomic mass is 9.88. The van der Waals surface area contributed by atoms with Crippen molar-refractivity contribution in [3.05, 3.63) is 59.7 Å². The van der Waals surface area contributed by atoms with E-state index in [0.717, 1.165) is 11.1 Å². The zero-order chi connectivity index (χ0) is 17.4. The van der Waals surface area contributed by atoms with Gasteiger partial charge < -0.3 is 20.1 Å². The van der Waals surface area contributed by atoms with E-state index in [0.29, 0.717) is 30.5 Å². The number of likely N-dealkylation sites (N-methyl/N-ethyl adjacent to an activating group) is 1. The van der Waals surface area contributed by atoms with Crippen molar-refractivity contribution in [3.63, 3.8) is 0 Å². The predicted octanol–water partition coefficient (Wildman–Crippen LogP) is 2.10. The zero-order valence-corrected chi connectivity index (χ0v) is 13.9. The van der Waals surface area contributed by atoms with Gasteiger partial charge in [0, 0.05) is 18.2 Å². The fourth-order valence-corrected chi connectivity index (χ4v) is 3.24. The number of benzene rings is 2. The number of para-hydroxylation sites is 2. The first-order valence-corrected chi connectivity index (χ1v) is 8.20. The third kappa shape index (κ3) is 2.80. The quantitative estimate of drug-likeness (QED) is 0.849. The van der Waals surface area contributed by atoms with Crippen LogP contribution in [0.25, 0.3) is 0 Å². The molecule has 0 aromatic heterocycles. The number of nitrogens with zero attached hydrogens (tertiary/aromatic N) is 2. The highest BCUT2D eigenvalue weighted by atomic mass is 16.5. The Morgan fingerprint density at radius 3 is 2.36 bits per heavy atom. The van der Waals surface area contributed by atoms with Crippen molar-refractivity contribution in [2.45, 2.75) is 12.0 Å². The lowest BCUT2D eigenvalue weighted by molar-refractivity contribution is -0.150. The number of fused-ring (bicyclic) bond motifs is 2. The van der Waals surface area contributed by atoms with Gasteiger partial charge >= 0.3 is 5.97 Å². The van der Waals surface area contributed by atoms with Crippen LogP contribution in [0.15, 0.2) is 53.5 Å². The van der Waals surface area contributed by atoms with Crippen LogP contribution in [0, 0.1) is 0 Å². The molecule has 128 valence electrons. The van der Waals surface area contributed by atoms with Gasteiger partial charge in [-0.2, -0.15) is 0 Å². The number of hydrogen-bond donors (Lipinski definition) is 1. The third-order valence-electron chi connectivity index (χ3n) is 4.52. The molecule has 1 atom stereocenters. The average Bonchev–Trinajstić information content (AvgIpc) is 2.62. The first-order valence-electron chi connectivity index (χ1n) is 8.20. The molecular weight excluding hydrogens is 318 g/mol. The normalized spacial score (nSPS) is 19.3. The van der Waals surface area contributed by atoms with Crippen molar-refractivity contribution in [1.82, 2.24) is 4.90 Å². The molecule has 0 bridgehead atoms. The maximum Gasteiger partial charge on any atom is 0.318 e. The Morgan fingerprint density at radius 2 is 1.76 bits per heavy atom. The highest BCUT2D eigenvalue weighted by Gasteiger charge is 2.35. The van der Waals surface area contributed by atoms with E-state index in [-0.39, 0.29) is 12.1 Å². The number of esters is 1. The SMILES string of the molecule is CN1CC(OC(=O)C2c3ccccc3Oc3ccccc32)CN=C1N. The second kappa shape index (κ2) is 6.12. The molecule has 0 saturated carbocycles. The van der Waals surface area contributed by atoms with Crippen LogP contribution in [0.5, 0.6) is 11.5 Å². The van der Waals surface area contributed by atoms with E-state index in [2.05, 4.69) is 4.99 Å². The van der Waals surface area contributed by atoms with Gasteiger partial charge in [-0.3, -0.25) is 4.79 Å². The van der Waals surface area contributed by atoms with Gasteiger partial charge in [-0.25, -0.2) is 4.99 Å². The number of carbonyl (C=O) groups is 1. The van der Waals surface area contributed by atoms with Gasteiger partial charge in [0.05, 0.1) is 13.1 Å². The van der Waals surface area contributed by atoms with Gasteiger partial charge in [0.1, 0.15) is 23.5 Å². The number of ether oxygens (including phenoxy) is 2. The molecule has 0 radical (unpaired) electrons. The Balaban J connectivity index is 1.64. The molecule has 1 unspecified atom stereocenters. The number of guanidine groups is 1. The first-order chi connectivity index (χ1) is 12.1. The molecule has 2 aromatic carbocycles. The van der Waals surface area contributed by atoms with E-state index in [1.165, 1.54) is 0 Å². The Labute approximate surface area is 145 Å². The van der Waals surface area contributed by atoms with E-state index in [1.807, 2.05) is 55.6 Å². The summed E-state index contributed by atoms with van der Waals surface area (Å²) in [4.78, 5) is 19.0. The van der Waals surface area contributed by atoms with Crippen molar-refractivity contribution in [2.24, 2.45) is 10.7 Å². The van der Waals surface area contributed by atoms with Crippen molar-refractivity contribution >= 4 is 11.9 Å². The summed E-state index contributed by atoms with van der Waals surface area (Å²) < 4.78 is 11.7. The van der Waals surface area contributed by atoms with Gasteiger partial charge in [0.2, 0.25) is 0 Å². The minimum Gasteiger partial charge on any atom is -0.458 e. The van der Waals surface area contributed by atoms with Crippen molar-refractivity contribution in [1.29, 1.82) is 0 Å². The molecule has 0 fully saturated rings. The van der Waals surface area contributed by atoms with Crippen LogP contribution in [0.3, 0.4) is 0 Å². The minimum absolute atomic E-state index is 0.294. The maximum absolute atomic E-state index is 13.0. The molecule has 6 heteroatoms. The van der Waals surface area contributed by atoms with E-state index >= 15 is 0 Å². The summed E-state index contributed by atoms with van der Waals surface area (Å²) in [5.41, 5.74) is 7.40. The lowest BCUT2D eigenvalue weighted by Crippen LogP contribution is -2.46. The smallest absolute Gasteiger partial charge is 0.318 e. The van der Waals surface area contributed by atoms with Gasteiger partial charge in [0.25, 0.3) is 0 Å². The van der Waals surface area contributed by atoms with Crippen molar-refractivity contribution in [3.8, 4) is 11.5 Å². The number of hydrogen-bond acceptors (Lipinski definition) is 6. The Kier molecular flexibility index (Phi) is 3.80. The molecule has 4 rings (SSSR count). The molecule has 25 heavy (non-hydrogen) atoms. The number of nitrogens with two attached hydrogens (primary N) is 1. The molecule has 2 N–H and O–H groups in total. The minimum atomic E-state index is -0.505. The van der Waals surface area contributed by atoms with E-state index < -0.39 is 5.92 Å². The van der Waals surface area contributed by atoms with Crippen LogP contribution in [-0.2, 0) is 9.53 Å². The predicted molar refractivity (Wildman–Crippen MR) is 93.8 cm³/mol. The van der Waals surface area contributed by atoms with Crippen molar-refractivity contribution < 1.29 is 14.3 Å². The number of aliphatic imine (C=N–C) groups is 1. The van der Waals surface area contributed by atoms with Crippen LogP contribution in [0.1, 0.15) is 17.0 Å². The summed E-state index contributed by atoms with van der Waals surface area (Å²) in [5.74, 6) is 1.04. The van der Waals surface area contributed by atoms with Crippen molar-refractivity contribution in [2.75, 3.05) is 20.1 Å². The second-order valence-electron chi connectivity index (χ2n) is 6.25. The summed E-state index contributed by atoms with van der Waals surface area (Å²) >= 11 is 0. The monoisotopic (exact) mass is 337 g/mol. The van der Waals surface area contributed by atoms with Crippen LogP contribution < -0.4 is 10.5 Å². The fraction of sp³-hybridized carbons (Fsp3) is 0.263. The van der Waals surface area contributed by atoms with Crippen LogP contribution in [-0.4, -0.2) is 43.1 Å². The molecule has 0 aliphatic carbocycles. The summed E-state index contributed by atoms with van der Waals surface area (Å²) in [6.07, 6.45) is -0.313. The molecule has 0 amide bonds. The molecule has 6 nitrogen and oxygen atoms in total. The summed E-state index contributed by atoms with van der Waals surface area (Å²) in [6.45, 7) is 0.919. The van der Waals surface area contributed by atoms with E-state index in [4.69, 9.17) is 15.2 Å². The standard InChI is InChI=1S/C19H19N3O3/c1-22-11-12(10-21-19(22)20)24-18(23)17-13-6-2-4-8-15(13)25-16-9-5-3-7-14(16)17/h2-9,12,17H,10-11H2,1H3,(H2,20,21). The molecule has 2 heterocycles. The number of carbonyl (C=O) groups excluding carboxylic acids is 1. The molecule has 2 aliphatic rings. The fourth-order valence-electron chi connectivity index (χ4n) is 3.24. The Hall–Kier alpha value is -3.02. The Bertz CT molecular complexity index is 804. The largest absolute Gasteiger partial charge is 0.458 e. The number of rotatable bonds is 2. The van der Waals surface area contributed by atoms with E-state index in [1.54, 1.807) is 4.90 Å². The highest BCUT2D eigenvalue weighted by Crippen LogP contribution is 2.44. The average molecular weight is 337 g/mol. The third-order valence-corrected chi connectivity index (χ3v) is 4.52.